The standard InChI is InChI=1S/C13H4ClF2N5OS/c14-11-5(4-17)1-7-12(18-11)21-23-13(7)20-19-6-2-8(15)10(22)9(16)3-6/h1-3,22H. The summed E-state index contributed by atoms with van der Waals surface area (Å²) in [4.78, 5) is 3.95. The number of nitrogens with zero attached hydrogens (tertiary/aromatic N) is 5. The summed E-state index contributed by atoms with van der Waals surface area (Å²) in [6, 6.07) is 5.01. The van der Waals surface area contributed by atoms with Crippen molar-refractivity contribution < 1.29 is 13.9 Å². The molecule has 3 aromatic rings. The SMILES string of the molecule is N#Cc1cc2c(N=Nc3cc(F)c(O)c(F)c3)snc2nc1Cl. The molecule has 0 saturated heterocycles. The first-order valence-electron chi connectivity index (χ1n) is 5.95. The van der Waals surface area contributed by atoms with Gasteiger partial charge in [-0.2, -0.15) is 9.64 Å². The lowest BCUT2D eigenvalue weighted by Crippen LogP contribution is -1.83. The van der Waals surface area contributed by atoms with E-state index in [9.17, 15) is 8.78 Å². The number of phenols is 1. The summed E-state index contributed by atoms with van der Waals surface area (Å²) in [7, 11) is 0. The zero-order chi connectivity index (χ0) is 16.6. The molecule has 0 spiro atoms. The van der Waals surface area contributed by atoms with E-state index in [-0.39, 0.29) is 22.1 Å². The number of hydrogen-bond acceptors (Lipinski definition) is 7. The van der Waals surface area contributed by atoms with Crippen LogP contribution in [0.2, 0.25) is 5.15 Å². The van der Waals surface area contributed by atoms with Gasteiger partial charge in [-0.3, -0.25) is 0 Å². The fourth-order valence-electron chi connectivity index (χ4n) is 1.71. The number of benzene rings is 1. The molecule has 1 N–H and O–H groups in total. The molecule has 0 aliphatic heterocycles. The lowest BCUT2D eigenvalue weighted by atomic mass is 10.2. The third kappa shape index (κ3) is 2.81. The summed E-state index contributed by atoms with van der Waals surface area (Å²) >= 11 is 6.75. The van der Waals surface area contributed by atoms with Gasteiger partial charge in [-0.15, -0.1) is 10.2 Å². The van der Waals surface area contributed by atoms with Gasteiger partial charge in [-0.25, -0.2) is 13.8 Å². The predicted octanol–water partition coefficient (Wildman–Crippen LogP) is 4.62. The van der Waals surface area contributed by atoms with Gasteiger partial charge in [0.25, 0.3) is 0 Å². The van der Waals surface area contributed by atoms with Gasteiger partial charge in [0.2, 0.25) is 0 Å². The van der Waals surface area contributed by atoms with Crippen molar-refractivity contribution in [3.05, 3.63) is 40.6 Å². The Hall–Kier alpha value is -2.70. The largest absolute Gasteiger partial charge is 0.503 e. The Morgan fingerprint density at radius 2 is 1.91 bits per heavy atom. The van der Waals surface area contributed by atoms with E-state index in [1.807, 2.05) is 6.07 Å². The molecule has 0 amide bonds. The predicted molar refractivity (Wildman–Crippen MR) is 79.3 cm³/mol. The number of phenolic OH excluding ortho intramolecular Hbond substituents is 1. The van der Waals surface area contributed by atoms with Crippen molar-refractivity contribution in [3.8, 4) is 11.8 Å². The van der Waals surface area contributed by atoms with E-state index in [2.05, 4.69) is 19.6 Å². The summed E-state index contributed by atoms with van der Waals surface area (Å²) in [6.45, 7) is 0. The van der Waals surface area contributed by atoms with Crippen molar-refractivity contribution in [3.63, 3.8) is 0 Å². The summed E-state index contributed by atoms with van der Waals surface area (Å²) in [5, 5.41) is 26.3. The molecule has 0 atom stereocenters. The number of fused-ring (bicyclic) bond motifs is 1. The van der Waals surface area contributed by atoms with Crippen LogP contribution in [0, 0.1) is 23.0 Å². The van der Waals surface area contributed by atoms with Gasteiger partial charge >= 0.3 is 0 Å². The Kier molecular flexibility index (Phi) is 3.85. The van der Waals surface area contributed by atoms with Crippen molar-refractivity contribution in [2.24, 2.45) is 10.2 Å². The Bertz CT molecular complexity index is 975. The van der Waals surface area contributed by atoms with Crippen LogP contribution in [0.15, 0.2) is 28.4 Å². The van der Waals surface area contributed by atoms with Crippen LogP contribution in [0.1, 0.15) is 5.56 Å². The zero-order valence-corrected chi connectivity index (χ0v) is 12.5. The smallest absolute Gasteiger partial charge is 0.187 e. The van der Waals surface area contributed by atoms with Crippen molar-refractivity contribution in [2.75, 3.05) is 0 Å². The molecule has 23 heavy (non-hydrogen) atoms. The first-order valence-corrected chi connectivity index (χ1v) is 7.10. The molecule has 0 bridgehead atoms. The molecular formula is C13H4ClF2N5OS. The Morgan fingerprint density at radius 1 is 1.22 bits per heavy atom. The molecule has 6 nitrogen and oxygen atoms in total. The molecule has 1 aromatic carbocycles. The average Bonchev–Trinajstić information content (AvgIpc) is 2.91. The summed E-state index contributed by atoms with van der Waals surface area (Å²) in [6.07, 6.45) is 0. The Labute approximate surface area is 136 Å². The van der Waals surface area contributed by atoms with Crippen LogP contribution in [0.5, 0.6) is 5.75 Å². The van der Waals surface area contributed by atoms with E-state index in [4.69, 9.17) is 22.0 Å². The quantitative estimate of drug-likeness (QED) is 0.538. The maximum Gasteiger partial charge on any atom is 0.187 e. The third-order valence-electron chi connectivity index (χ3n) is 2.78. The molecule has 0 aliphatic rings. The number of aromatic hydroxyl groups is 1. The average molecular weight is 352 g/mol. The highest BCUT2D eigenvalue weighted by Gasteiger charge is 2.12. The van der Waals surface area contributed by atoms with Crippen molar-refractivity contribution in [2.45, 2.75) is 0 Å². The van der Waals surface area contributed by atoms with Gasteiger partial charge in [0, 0.05) is 12.1 Å². The molecule has 0 unspecified atom stereocenters. The number of nitriles is 1. The number of rotatable bonds is 2. The highest BCUT2D eigenvalue weighted by molar-refractivity contribution is 7.11. The van der Waals surface area contributed by atoms with Crippen LogP contribution in [-0.4, -0.2) is 14.5 Å². The summed E-state index contributed by atoms with van der Waals surface area (Å²) < 4.78 is 30.5. The Balaban J connectivity index is 2.03. The molecular weight excluding hydrogens is 348 g/mol. The van der Waals surface area contributed by atoms with Crippen LogP contribution < -0.4 is 0 Å². The van der Waals surface area contributed by atoms with E-state index in [0.29, 0.717) is 10.4 Å². The summed E-state index contributed by atoms with van der Waals surface area (Å²) in [5.41, 5.74) is 0.315. The third-order valence-corrected chi connectivity index (χ3v) is 3.81. The second-order valence-corrected chi connectivity index (χ2v) is 5.37. The summed E-state index contributed by atoms with van der Waals surface area (Å²) in [5.74, 6) is -3.37. The lowest BCUT2D eigenvalue weighted by molar-refractivity contribution is 0.396. The van der Waals surface area contributed by atoms with Crippen LogP contribution in [-0.2, 0) is 0 Å². The molecule has 0 saturated carbocycles. The number of aromatic nitrogens is 2. The minimum Gasteiger partial charge on any atom is -0.503 e. The molecule has 2 heterocycles. The number of pyridine rings is 1. The first kappa shape index (κ1) is 15.2. The van der Waals surface area contributed by atoms with Crippen molar-refractivity contribution in [1.82, 2.24) is 9.36 Å². The van der Waals surface area contributed by atoms with Gasteiger partial charge in [0.05, 0.1) is 16.6 Å². The van der Waals surface area contributed by atoms with E-state index >= 15 is 0 Å². The van der Waals surface area contributed by atoms with E-state index in [0.717, 1.165) is 23.7 Å². The van der Waals surface area contributed by atoms with Gasteiger partial charge in [-0.05, 0) is 17.6 Å². The number of hydrogen-bond donors (Lipinski definition) is 1. The van der Waals surface area contributed by atoms with Crippen LogP contribution in [0.4, 0.5) is 19.5 Å². The second kappa shape index (κ2) is 5.83. The van der Waals surface area contributed by atoms with Gasteiger partial charge < -0.3 is 5.11 Å². The van der Waals surface area contributed by atoms with E-state index in [1.165, 1.54) is 6.07 Å². The molecule has 10 heteroatoms. The van der Waals surface area contributed by atoms with E-state index in [1.54, 1.807) is 0 Å². The molecule has 0 aliphatic carbocycles. The maximum absolute atomic E-state index is 13.2. The molecule has 114 valence electrons. The van der Waals surface area contributed by atoms with E-state index < -0.39 is 17.4 Å². The molecule has 3 rings (SSSR count). The van der Waals surface area contributed by atoms with Crippen molar-refractivity contribution in [1.29, 1.82) is 5.26 Å². The fourth-order valence-corrected chi connectivity index (χ4v) is 2.52. The number of halogens is 3. The first-order chi connectivity index (χ1) is 11.0. The Morgan fingerprint density at radius 3 is 2.57 bits per heavy atom. The molecule has 0 radical (unpaired) electrons. The van der Waals surface area contributed by atoms with Crippen LogP contribution in [0.3, 0.4) is 0 Å². The van der Waals surface area contributed by atoms with Gasteiger partial charge in [-0.1, -0.05) is 11.6 Å². The zero-order valence-electron chi connectivity index (χ0n) is 11.0. The topological polar surface area (TPSA) is 94.5 Å². The van der Waals surface area contributed by atoms with Gasteiger partial charge in [0.15, 0.2) is 28.0 Å². The molecule has 2 aromatic heterocycles. The second-order valence-electron chi connectivity index (χ2n) is 4.26. The van der Waals surface area contributed by atoms with Crippen LogP contribution in [0.25, 0.3) is 11.0 Å². The highest BCUT2D eigenvalue weighted by Crippen LogP contribution is 2.34. The monoisotopic (exact) mass is 351 g/mol. The molecule has 0 fully saturated rings. The lowest BCUT2D eigenvalue weighted by Gasteiger charge is -1.98. The van der Waals surface area contributed by atoms with Gasteiger partial charge in [0.1, 0.15) is 11.2 Å². The minimum absolute atomic E-state index is 0.0245. The highest BCUT2D eigenvalue weighted by atomic mass is 35.5. The number of azo groups is 1. The maximum atomic E-state index is 13.2. The van der Waals surface area contributed by atoms with Crippen LogP contribution >= 0.6 is 23.1 Å². The fraction of sp³-hybridized carbons (Fsp3) is 0. The van der Waals surface area contributed by atoms with Crippen molar-refractivity contribution >= 4 is 44.9 Å². The minimum atomic E-state index is -1.15. The normalized spacial score (nSPS) is 11.2.